The number of thiophene rings is 1. The van der Waals surface area contributed by atoms with Gasteiger partial charge in [-0.3, -0.25) is 0 Å². The van der Waals surface area contributed by atoms with Crippen molar-refractivity contribution in [2.75, 3.05) is 26.2 Å². The van der Waals surface area contributed by atoms with E-state index in [2.05, 4.69) is 52.1 Å². The first-order chi connectivity index (χ1) is 8.65. The first-order valence-electron chi connectivity index (χ1n) is 6.86. The molecule has 1 fully saturated rings. The van der Waals surface area contributed by atoms with Crippen LogP contribution in [0, 0.1) is 5.92 Å². The van der Waals surface area contributed by atoms with Crippen molar-refractivity contribution in [2.24, 2.45) is 5.92 Å². The van der Waals surface area contributed by atoms with E-state index in [0.717, 1.165) is 12.5 Å². The van der Waals surface area contributed by atoms with Gasteiger partial charge in [-0.1, -0.05) is 6.92 Å². The molecule has 1 aromatic rings. The number of hydrogen-bond donors (Lipinski definition) is 1. The lowest BCUT2D eigenvalue weighted by molar-refractivity contribution is 0.191. The minimum absolute atomic E-state index is 0.463. The Hall–Kier alpha value is 0.1000. The highest BCUT2D eigenvalue weighted by Gasteiger charge is 2.15. The Kier molecular flexibility index (Phi) is 5.67. The molecule has 4 heteroatoms. The van der Waals surface area contributed by atoms with E-state index < -0.39 is 0 Å². The molecule has 0 spiro atoms. The van der Waals surface area contributed by atoms with Crippen LogP contribution >= 0.6 is 27.3 Å². The molecule has 1 N–H and O–H groups in total. The first-order valence-corrected chi connectivity index (χ1v) is 8.47. The third-order valence-corrected chi connectivity index (χ3v) is 5.58. The lowest BCUT2D eigenvalue weighted by atomic mass is 9.99. The highest BCUT2D eigenvalue weighted by molar-refractivity contribution is 9.11. The molecule has 0 saturated carbocycles. The van der Waals surface area contributed by atoms with E-state index in [1.807, 2.05) is 11.3 Å². The van der Waals surface area contributed by atoms with Crippen LogP contribution in [0.4, 0.5) is 0 Å². The van der Waals surface area contributed by atoms with Gasteiger partial charge < -0.3 is 10.2 Å². The van der Waals surface area contributed by atoms with Crippen molar-refractivity contribution in [1.82, 2.24) is 10.2 Å². The maximum Gasteiger partial charge on any atom is 0.0701 e. The maximum absolute atomic E-state index is 3.62. The second kappa shape index (κ2) is 7.04. The number of likely N-dealkylation sites (tertiary alicyclic amines) is 1. The zero-order valence-corrected chi connectivity index (χ0v) is 13.7. The van der Waals surface area contributed by atoms with Gasteiger partial charge in [0.1, 0.15) is 0 Å². The molecule has 1 saturated heterocycles. The molecule has 18 heavy (non-hydrogen) atoms. The average molecular weight is 331 g/mol. The van der Waals surface area contributed by atoms with Gasteiger partial charge in [0.05, 0.1) is 3.79 Å². The Morgan fingerprint density at radius 1 is 1.44 bits per heavy atom. The van der Waals surface area contributed by atoms with E-state index in [4.69, 9.17) is 0 Å². The van der Waals surface area contributed by atoms with Crippen molar-refractivity contribution in [3.05, 3.63) is 20.8 Å². The van der Waals surface area contributed by atoms with Crippen LogP contribution in [0.1, 0.15) is 37.6 Å². The summed E-state index contributed by atoms with van der Waals surface area (Å²) in [6, 6.07) is 4.80. The van der Waals surface area contributed by atoms with Crippen molar-refractivity contribution in [1.29, 1.82) is 0 Å². The van der Waals surface area contributed by atoms with Gasteiger partial charge in [0.2, 0.25) is 0 Å². The largest absolute Gasteiger partial charge is 0.308 e. The predicted octanol–water partition coefficient (Wildman–Crippen LogP) is 3.89. The highest BCUT2D eigenvalue weighted by Crippen LogP contribution is 2.26. The fraction of sp³-hybridized carbons (Fsp3) is 0.714. The third-order valence-electron chi connectivity index (χ3n) is 3.78. The van der Waals surface area contributed by atoms with Crippen molar-refractivity contribution in [3.8, 4) is 0 Å². The van der Waals surface area contributed by atoms with Gasteiger partial charge in [0.25, 0.3) is 0 Å². The van der Waals surface area contributed by atoms with Crippen LogP contribution in [0.2, 0.25) is 0 Å². The molecule has 1 atom stereocenters. The predicted molar refractivity (Wildman–Crippen MR) is 83.3 cm³/mol. The van der Waals surface area contributed by atoms with Gasteiger partial charge in [-0.05, 0) is 66.8 Å². The summed E-state index contributed by atoms with van der Waals surface area (Å²) in [7, 11) is 0. The van der Waals surface area contributed by atoms with Crippen molar-refractivity contribution < 1.29 is 0 Å². The number of halogens is 1. The fourth-order valence-corrected chi connectivity index (χ4v) is 3.84. The number of nitrogens with one attached hydrogen (secondary N) is 1. The van der Waals surface area contributed by atoms with Gasteiger partial charge >= 0.3 is 0 Å². The molecule has 1 aliphatic heterocycles. The van der Waals surface area contributed by atoms with E-state index in [0.29, 0.717) is 6.04 Å². The summed E-state index contributed by atoms with van der Waals surface area (Å²) < 4.78 is 1.22. The molecule has 1 aromatic heterocycles. The van der Waals surface area contributed by atoms with Crippen molar-refractivity contribution in [2.45, 2.75) is 32.7 Å². The summed E-state index contributed by atoms with van der Waals surface area (Å²) in [5, 5.41) is 3.62. The summed E-state index contributed by atoms with van der Waals surface area (Å²) in [4.78, 5) is 4.00. The van der Waals surface area contributed by atoms with Gasteiger partial charge in [0.15, 0.2) is 0 Å². The van der Waals surface area contributed by atoms with E-state index in [1.54, 1.807) is 0 Å². The van der Waals surface area contributed by atoms with E-state index in [9.17, 15) is 0 Å². The lowest BCUT2D eigenvalue weighted by Crippen LogP contribution is -2.38. The molecule has 0 radical (unpaired) electrons. The number of piperidine rings is 1. The van der Waals surface area contributed by atoms with E-state index >= 15 is 0 Å². The van der Waals surface area contributed by atoms with Crippen LogP contribution in [0.3, 0.4) is 0 Å². The van der Waals surface area contributed by atoms with Gasteiger partial charge in [-0.15, -0.1) is 11.3 Å². The van der Waals surface area contributed by atoms with Gasteiger partial charge in [-0.2, -0.15) is 0 Å². The minimum Gasteiger partial charge on any atom is -0.308 e. The monoisotopic (exact) mass is 330 g/mol. The molecule has 102 valence electrons. The Labute approximate surface area is 123 Å². The maximum atomic E-state index is 3.62. The van der Waals surface area contributed by atoms with E-state index in [-0.39, 0.29) is 0 Å². The van der Waals surface area contributed by atoms with Gasteiger partial charge in [-0.25, -0.2) is 0 Å². The Morgan fingerprint density at radius 3 is 2.78 bits per heavy atom. The first kappa shape index (κ1) is 14.5. The molecule has 2 heterocycles. The van der Waals surface area contributed by atoms with Crippen LogP contribution in [-0.4, -0.2) is 31.1 Å². The summed E-state index contributed by atoms with van der Waals surface area (Å²) in [5.41, 5.74) is 0. The molecule has 0 amide bonds. The van der Waals surface area contributed by atoms with Crippen LogP contribution in [0.25, 0.3) is 0 Å². The lowest BCUT2D eigenvalue weighted by Gasteiger charge is -2.30. The van der Waals surface area contributed by atoms with Gasteiger partial charge in [0, 0.05) is 24.0 Å². The molecule has 0 aliphatic carbocycles. The SMILES string of the molecule is CC1CCN(CCNC(C)c2ccc(Br)s2)CC1. The Bertz CT molecular complexity index is 358. The number of nitrogens with zero attached hydrogens (tertiary/aromatic N) is 1. The topological polar surface area (TPSA) is 15.3 Å². The van der Waals surface area contributed by atoms with Crippen LogP contribution in [0.5, 0.6) is 0 Å². The van der Waals surface area contributed by atoms with Crippen LogP contribution < -0.4 is 5.32 Å². The Morgan fingerprint density at radius 2 is 2.17 bits per heavy atom. The Balaban J connectivity index is 1.66. The standard InChI is InChI=1S/C14H23BrN2S/c1-11-5-8-17(9-6-11)10-7-16-12(2)13-3-4-14(15)18-13/h3-4,11-12,16H,5-10H2,1-2H3. The second-order valence-corrected chi connectivity index (χ2v) is 7.84. The summed E-state index contributed by atoms with van der Waals surface area (Å²) in [6.07, 6.45) is 2.74. The third kappa shape index (κ3) is 4.34. The number of hydrogen-bond acceptors (Lipinski definition) is 3. The minimum atomic E-state index is 0.463. The summed E-state index contributed by atoms with van der Waals surface area (Å²) in [6.45, 7) is 9.45. The second-order valence-electron chi connectivity index (χ2n) is 5.34. The molecular formula is C14H23BrN2S. The fourth-order valence-electron chi connectivity index (χ4n) is 2.39. The molecule has 2 rings (SSSR count). The zero-order valence-electron chi connectivity index (χ0n) is 11.3. The summed E-state index contributed by atoms with van der Waals surface area (Å²) in [5.74, 6) is 0.927. The normalized spacial score (nSPS) is 20.2. The van der Waals surface area contributed by atoms with Crippen LogP contribution in [-0.2, 0) is 0 Å². The molecule has 2 nitrogen and oxygen atoms in total. The molecule has 0 aromatic carbocycles. The average Bonchev–Trinajstić information content (AvgIpc) is 2.78. The number of rotatable bonds is 5. The molecule has 1 unspecified atom stereocenters. The zero-order chi connectivity index (χ0) is 13.0. The van der Waals surface area contributed by atoms with Crippen LogP contribution in [0.15, 0.2) is 15.9 Å². The van der Waals surface area contributed by atoms with E-state index in [1.165, 1.54) is 41.1 Å². The quantitative estimate of drug-likeness (QED) is 0.880. The molecule has 0 bridgehead atoms. The molecular weight excluding hydrogens is 308 g/mol. The van der Waals surface area contributed by atoms with Crippen molar-refractivity contribution >= 4 is 27.3 Å². The molecule has 1 aliphatic rings. The van der Waals surface area contributed by atoms with Crippen molar-refractivity contribution in [3.63, 3.8) is 0 Å². The highest BCUT2D eigenvalue weighted by atomic mass is 79.9. The summed E-state index contributed by atoms with van der Waals surface area (Å²) >= 11 is 5.34. The smallest absolute Gasteiger partial charge is 0.0701 e.